The van der Waals surface area contributed by atoms with Crippen molar-refractivity contribution in [1.82, 2.24) is 5.32 Å². The summed E-state index contributed by atoms with van der Waals surface area (Å²) in [7, 11) is -3.49. The lowest BCUT2D eigenvalue weighted by atomic mass is 9.84. The second-order valence-corrected chi connectivity index (χ2v) is 7.83. The summed E-state index contributed by atoms with van der Waals surface area (Å²) in [5.41, 5.74) is 0.0411. The van der Waals surface area contributed by atoms with Gasteiger partial charge in [-0.05, 0) is 31.0 Å². The lowest BCUT2D eigenvalue weighted by Crippen LogP contribution is -2.47. The van der Waals surface area contributed by atoms with Gasteiger partial charge in [-0.15, -0.1) is 0 Å². The van der Waals surface area contributed by atoms with E-state index in [1.807, 2.05) is 0 Å². The third-order valence-electron chi connectivity index (χ3n) is 4.03. The third kappa shape index (κ3) is 4.46. The van der Waals surface area contributed by atoms with Gasteiger partial charge in [0.05, 0.1) is 10.8 Å². The molecule has 2 unspecified atom stereocenters. The highest BCUT2D eigenvalue weighted by Gasteiger charge is 2.46. The SMILES string of the molecule is CS(=O)(=O)c1cccc(C(=O)NC2CCCCC2C(F)(F)F)c1. The Bertz CT molecular complexity index is 685. The maximum absolute atomic E-state index is 13.0. The zero-order valence-electron chi connectivity index (χ0n) is 12.6. The average molecular weight is 349 g/mol. The summed E-state index contributed by atoms with van der Waals surface area (Å²) in [6.45, 7) is 0. The van der Waals surface area contributed by atoms with Gasteiger partial charge in [-0.1, -0.05) is 18.9 Å². The Morgan fingerprint density at radius 2 is 1.87 bits per heavy atom. The summed E-state index contributed by atoms with van der Waals surface area (Å²) < 4.78 is 62.1. The fraction of sp³-hybridized carbons (Fsp3) is 0.533. The summed E-state index contributed by atoms with van der Waals surface area (Å²) in [4.78, 5) is 12.2. The van der Waals surface area contributed by atoms with Crippen molar-refractivity contribution in [1.29, 1.82) is 0 Å². The van der Waals surface area contributed by atoms with Crippen LogP contribution in [0.5, 0.6) is 0 Å². The number of carbonyl (C=O) groups is 1. The number of benzene rings is 1. The minimum absolute atomic E-state index is 0.00216. The highest BCUT2D eigenvalue weighted by atomic mass is 32.2. The van der Waals surface area contributed by atoms with Crippen LogP contribution in [0.15, 0.2) is 29.2 Å². The zero-order valence-corrected chi connectivity index (χ0v) is 13.4. The van der Waals surface area contributed by atoms with E-state index < -0.39 is 33.9 Å². The molecule has 1 aliphatic carbocycles. The number of alkyl halides is 3. The molecular weight excluding hydrogens is 331 g/mol. The molecule has 23 heavy (non-hydrogen) atoms. The van der Waals surface area contributed by atoms with Crippen molar-refractivity contribution in [2.45, 2.75) is 42.8 Å². The molecule has 1 fully saturated rings. The first-order chi connectivity index (χ1) is 10.6. The Hall–Kier alpha value is -1.57. The third-order valence-corrected chi connectivity index (χ3v) is 5.14. The van der Waals surface area contributed by atoms with Crippen molar-refractivity contribution in [3.63, 3.8) is 0 Å². The van der Waals surface area contributed by atoms with Gasteiger partial charge in [0.2, 0.25) is 0 Å². The molecule has 0 aromatic heterocycles. The van der Waals surface area contributed by atoms with E-state index in [2.05, 4.69) is 5.32 Å². The number of sulfone groups is 1. The van der Waals surface area contributed by atoms with E-state index in [0.29, 0.717) is 12.8 Å². The van der Waals surface area contributed by atoms with Crippen LogP contribution in [0.25, 0.3) is 0 Å². The molecule has 1 N–H and O–H groups in total. The van der Waals surface area contributed by atoms with E-state index in [-0.39, 0.29) is 23.3 Å². The predicted octanol–water partition coefficient (Wildman–Crippen LogP) is 2.94. The van der Waals surface area contributed by atoms with Gasteiger partial charge in [0.15, 0.2) is 9.84 Å². The van der Waals surface area contributed by atoms with Crippen LogP contribution in [0.1, 0.15) is 36.0 Å². The van der Waals surface area contributed by atoms with Gasteiger partial charge in [-0.25, -0.2) is 8.42 Å². The first-order valence-corrected chi connectivity index (χ1v) is 9.16. The molecule has 0 aliphatic heterocycles. The Labute approximate surface area is 133 Å². The maximum atomic E-state index is 13.0. The predicted molar refractivity (Wildman–Crippen MR) is 78.8 cm³/mol. The summed E-state index contributed by atoms with van der Waals surface area (Å²) in [5.74, 6) is -2.24. The molecule has 2 atom stereocenters. The molecule has 128 valence electrons. The monoisotopic (exact) mass is 349 g/mol. The van der Waals surface area contributed by atoms with Crippen LogP contribution < -0.4 is 5.32 Å². The molecule has 1 saturated carbocycles. The van der Waals surface area contributed by atoms with Gasteiger partial charge in [0, 0.05) is 17.9 Å². The molecule has 1 aromatic rings. The summed E-state index contributed by atoms with van der Waals surface area (Å²) in [6, 6.07) is 4.32. The number of nitrogens with one attached hydrogen (secondary N) is 1. The molecule has 1 amide bonds. The van der Waals surface area contributed by atoms with E-state index in [1.54, 1.807) is 0 Å². The summed E-state index contributed by atoms with van der Waals surface area (Å²) in [6.07, 6.45) is -1.97. The molecule has 0 heterocycles. The molecular formula is C15H18F3NO3S. The molecule has 0 spiro atoms. The number of hydrogen-bond acceptors (Lipinski definition) is 3. The second kappa shape index (κ2) is 6.51. The molecule has 1 aromatic carbocycles. The average Bonchev–Trinajstić information content (AvgIpc) is 2.46. The highest BCUT2D eigenvalue weighted by molar-refractivity contribution is 7.90. The summed E-state index contributed by atoms with van der Waals surface area (Å²) >= 11 is 0. The molecule has 0 radical (unpaired) electrons. The van der Waals surface area contributed by atoms with Crippen molar-refractivity contribution in [2.24, 2.45) is 5.92 Å². The molecule has 1 aliphatic rings. The topological polar surface area (TPSA) is 63.2 Å². The molecule has 2 rings (SSSR count). The standard InChI is InChI=1S/C15H18F3NO3S/c1-23(21,22)11-6-4-5-10(9-11)14(20)19-13-8-3-2-7-12(13)15(16,17)18/h4-6,9,12-13H,2-3,7-8H2,1H3,(H,19,20). The summed E-state index contributed by atoms with van der Waals surface area (Å²) in [5, 5.41) is 2.42. The molecule has 0 saturated heterocycles. The number of amides is 1. The fourth-order valence-electron chi connectivity index (χ4n) is 2.82. The van der Waals surface area contributed by atoms with Crippen molar-refractivity contribution < 1.29 is 26.4 Å². The van der Waals surface area contributed by atoms with E-state index in [0.717, 1.165) is 6.26 Å². The highest BCUT2D eigenvalue weighted by Crippen LogP contribution is 2.37. The first kappa shape index (κ1) is 17.8. The maximum Gasteiger partial charge on any atom is 0.393 e. The van der Waals surface area contributed by atoms with Gasteiger partial charge in [0.1, 0.15) is 0 Å². The first-order valence-electron chi connectivity index (χ1n) is 7.27. The van der Waals surface area contributed by atoms with E-state index in [9.17, 15) is 26.4 Å². The quantitative estimate of drug-likeness (QED) is 0.913. The van der Waals surface area contributed by atoms with E-state index in [4.69, 9.17) is 0 Å². The van der Waals surface area contributed by atoms with Crippen LogP contribution in [0, 0.1) is 5.92 Å². The van der Waals surface area contributed by atoms with Gasteiger partial charge < -0.3 is 5.32 Å². The van der Waals surface area contributed by atoms with Crippen molar-refractivity contribution in [3.05, 3.63) is 29.8 Å². The number of rotatable bonds is 3. The number of carbonyl (C=O) groups excluding carboxylic acids is 1. The van der Waals surface area contributed by atoms with Gasteiger partial charge in [0.25, 0.3) is 5.91 Å². The molecule has 8 heteroatoms. The van der Waals surface area contributed by atoms with Crippen LogP contribution in [0.3, 0.4) is 0 Å². The van der Waals surface area contributed by atoms with Crippen LogP contribution >= 0.6 is 0 Å². The lowest BCUT2D eigenvalue weighted by Gasteiger charge is -2.33. The van der Waals surface area contributed by atoms with Gasteiger partial charge >= 0.3 is 6.18 Å². The smallest absolute Gasteiger partial charge is 0.349 e. The minimum atomic E-state index is -4.35. The van der Waals surface area contributed by atoms with Crippen molar-refractivity contribution >= 4 is 15.7 Å². The van der Waals surface area contributed by atoms with Crippen LogP contribution in [-0.2, 0) is 9.84 Å². The normalized spacial score (nSPS) is 22.6. The second-order valence-electron chi connectivity index (χ2n) is 5.81. The lowest BCUT2D eigenvalue weighted by molar-refractivity contribution is -0.187. The number of hydrogen-bond donors (Lipinski definition) is 1. The van der Waals surface area contributed by atoms with E-state index in [1.165, 1.54) is 24.3 Å². The van der Waals surface area contributed by atoms with Crippen molar-refractivity contribution in [2.75, 3.05) is 6.26 Å². The van der Waals surface area contributed by atoms with Crippen molar-refractivity contribution in [3.8, 4) is 0 Å². The zero-order chi connectivity index (χ0) is 17.3. The Morgan fingerprint density at radius 1 is 1.22 bits per heavy atom. The fourth-order valence-corrected chi connectivity index (χ4v) is 3.48. The minimum Gasteiger partial charge on any atom is -0.349 e. The van der Waals surface area contributed by atoms with Crippen LogP contribution in [-0.4, -0.2) is 32.8 Å². The Morgan fingerprint density at radius 3 is 2.48 bits per heavy atom. The van der Waals surface area contributed by atoms with E-state index >= 15 is 0 Å². The van der Waals surface area contributed by atoms with Gasteiger partial charge in [-0.2, -0.15) is 13.2 Å². The molecule has 4 nitrogen and oxygen atoms in total. The van der Waals surface area contributed by atoms with Crippen LogP contribution in [0.4, 0.5) is 13.2 Å². The number of halogens is 3. The Kier molecular flexibility index (Phi) is 5.03. The van der Waals surface area contributed by atoms with Crippen LogP contribution in [0.2, 0.25) is 0 Å². The Balaban J connectivity index is 2.18. The molecule has 0 bridgehead atoms. The van der Waals surface area contributed by atoms with Gasteiger partial charge in [-0.3, -0.25) is 4.79 Å². The largest absolute Gasteiger partial charge is 0.393 e.